The topological polar surface area (TPSA) is 102 Å². The van der Waals surface area contributed by atoms with Gasteiger partial charge in [0.2, 0.25) is 11.7 Å². The minimum Gasteiger partial charge on any atom is -0.350 e. The molecule has 2 N–H and O–H groups in total. The van der Waals surface area contributed by atoms with Gasteiger partial charge in [0.25, 0.3) is 5.91 Å². The summed E-state index contributed by atoms with van der Waals surface area (Å²) in [5.74, 6) is -1.02. The van der Waals surface area contributed by atoms with Gasteiger partial charge in [0.15, 0.2) is 0 Å². The van der Waals surface area contributed by atoms with Gasteiger partial charge in [0.05, 0.1) is 5.56 Å². The molecular formula is C23H19FN6O2. The maximum atomic E-state index is 13.7. The Hall–Kier alpha value is -4.40. The Morgan fingerprint density at radius 3 is 2.38 bits per heavy atom. The molecule has 4 rings (SSSR count). The van der Waals surface area contributed by atoms with Gasteiger partial charge in [-0.1, -0.05) is 42.5 Å². The summed E-state index contributed by atoms with van der Waals surface area (Å²) < 4.78 is 13.7. The lowest BCUT2D eigenvalue weighted by Gasteiger charge is -2.06. The molecule has 0 radical (unpaired) electrons. The molecule has 2 amide bonds. The SMILES string of the molecule is O=C(Cn1nnc(-c2ccc(NC(=O)c3ccccc3F)cc2)n1)NCc1ccccc1. The largest absolute Gasteiger partial charge is 0.350 e. The highest BCUT2D eigenvalue weighted by atomic mass is 19.1. The average Bonchev–Trinajstić information content (AvgIpc) is 3.27. The van der Waals surface area contributed by atoms with Gasteiger partial charge in [-0.25, -0.2) is 4.39 Å². The third-order valence-corrected chi connectivity index (χ3v) is 4.59. The average molecular weight is 430 g/mol. The summed E-state index contributed by atoms with van der Waals surface area (Å²) in [6, 6.07) is 22.0. The zero-order chi connectivity index (χ0) is 22.3. The van der Waals surface area contributed by atoms with E-state index in [4.69, 9.17) is 0 Å². The first-order valence-electron chi connectivity index (χ1n) is 9.83. The lowest BCUT2D eigenvalue weighted by atomic mass is 10.1. The van der Waals surface area contributed by atoms with E-state index < -0.39 is 11.7 Å². The van der Waals surface area contributed by atoms with Crippen molar-refractivity contribution < 1.29 is 14.0 Å². The van der Waals surface area contributed by atoms with Gasteiger partial charge in [0, 0.05) is 17.8 Å². The Kier molecular flexibility index (Phi) is 6.26. The van der Waals surface area contributed by atoms with Crippen molar-refractivity contribution in [1.29, 1.82) is 0 Å². The Labute approximate surface area is 183 Å². The van der Waals surface area contributed by atoms with Crippen molar-refractivity contribution in [1.82, 2.24) is 25.5 Å². The van der Waals surface area contributed by atoms with Gasteiger partial charge in [-0.15, -0.1) is 10.2 Å². The number of aromatic nitrogens is 4. The van der Waals surface area contributed by atoms with Crippen LogP contribution in [-0.4, -0.2) is 32.0 Å². The minimum atomic E-state index is -0.588. The molecule has 8 nitrogen and oxygen atoms in total. The zero-order valence-electron chi connectivity index (χ0n) is 16.9. The molecule has 0 saturated carbocycles. The second-order valence-corrected chi connectivity index (χ2v) is 6.92. The van der Waals surface area contributed by atoms with Gasteiger partial charge < -0.3 is 10.6 Å². The molecule has 160 valence electrons. The van der Waals surface area contributed by atoms with E-state index in [0.29, 0.717) is 23.6 Å². The highest BCUT2D eigenvalue weighted by molar-refractivity contribution is 6.04. The van der Waals surface area contributed by atoms with Gasteiger partial charge in [-0.2, -0.15) is 4.80 Å². The minimum absolute atomic E-state index is 0.0354. The predicted octanol–water partition coefficient (Wildman–Crippen LogP) is 3.05. The van der Waals surface area contributed by atoms with E-state index in [0.717, 1.165) is 5.56 Å². The van der Waals surface area contributed by atoms with Crippen LogP contribution in [0.1, 0.15) is 15.9 Å². The first-order valence-corrected chi connectivity index (χ1v) is 9.83. The van der Waals surface area contributed by atoms with Crippen LogP contribution in [0, 0.1) is 5.82 Å². The lowest BCUT2D eigenvalue weighted by Crippen LogP contribution is -2.28. The molecule has 0 saturated heterocycles. The summed E-state index contributed by atoms with van der Waals surface area (Å²) in [6.07, 6.45) is 0. The van der Waals surface area contributed by atoms with Gasteiger partial charge in [0.1, 0.15) is 12.4 Å². The molecule has 3 aromatic carbocycles. The molecule has 0 aliphatic carbocycles. The van der Waals surface area contributed by atoms with Crippen LogP contribution >= 0.6 is 0 Å². The molecule has 32 heavy (non-hydrogen) atoms. The molecule has 0 spiro atoms. The molecular weight excluding hydrogens is 411 g/mol. The van der Waals surface area contributed by atoms with Crippen LogP contribution in [0.3, 0.4) is 0 Å². The standard InChI is InChI=1S/C23H19FN6O2/c24-20-9-5-4-8-19(20)23(32)26-18-12-10-17(11-13-18)22-27-29-30(28-22)15-21(31)25-14-16-6-2-1-3-7-16/h1-13H,14-15H2,(H,25,31)(H,26,32). The first kappa shape index (κ1) is 20.9. The summed E-state index contributed by atoms with van der Waals surface area (Å²) in [6.45, 7) is 0.359. The van der Waals surface area contributed by atoms with Crippen LogP contribution < -0.4 is 10.6 Å². The van der Waals surface area contributed by atoms with Crippen molar-refractivity contribution in [2.45, 2.75) is 13.1 Å². The number of carbonyl (C=O) groups excluding carboxylic acids is 2. The summed E-state index contributed by atoms with van der Waals surface area (Å²) >= 11 is 0. The summed E-state index contributed by atoms with van der Waals surface area (Å²) in [7, 11) is 0. The van der Waals surface area contributed by atoms with Crippen molar-refractivity contribution in [3.05, 3.63) is 95.8 Å². The second kappa shape index (κ2) is 9.61. The van der Waals surface area contributed by atoms with Crippen LogP contribution in [0.25, 0.3) is 11.4 Å². The van der Waals surface area contributed by atoms with Gasteiger partial charge >= 0.3 is 0 Å². The van der Waals surface area contributed by atoms with E-state index in [9.17, 15) is 14.0 Å². The quantitative estimate of drug-likeness (QED) is 0.469. The van der Waals surface area contributed by atoms with Gasteiger partial charge in [-0.05, 0) is 47.2 Å². The molecule has 0 unspecified atom stereocenters. The molecule has 9 heteroatoms. The van der Waals surface area contributed by atoms with Gasteiger partial charge in [-0.3, -0.25) is 9.59 Å². The monoisotopic (exact) mass is 430 g/mol. The third kappa shape index (κ3) is 5.20. The van der Waals surface area contributed by atoms with Crippen molar-refractivity contribution in [2.24, 2.45) is 0 Å². The van der Waals surface area contributed by atoms with Crippen molar-refractivity contribution in [3.8, 4) is 11.4 Å². The van der Waals surface area contributed by atoms with E-state index in [1.54, 1.807) is 30.3 Å². The predicted molar refractivity (Wildman–Crippen MR) is 116 cm³/mol. The number of hydrogen-bond acceptors (Lipinski definition) is 5. The van der Waals surface area contributed by atoms with Crippen LogP contribution in [0.4, 0.5) is 10.1 Å². The van der Waals surface area contributed by atoms with E-state index >= 15 is 0 Å². The number of hydrogen-bond donors (Lipinski definition) is 2. The molecule has 4 aromatic rings. The fourth-order valence-electron chi connectivity index (χ4n) is 2.95. The molecule has 0 fully saturated rings. The smallest absolute Gasteiger partial charge is 0.258 e. The molecule has 1 aromatic heterocycles. The number of amides is 2. The molecule has 1 heterocycles. The van der Waals surface area contributed by atoms with Crippen molar-refractivity contribution >= 4 is 17.5 Å². The van der Waals surface area contributed by atoms with E-state index in [-0.39, 0.29) is 18.0 Å². The van der Waals surface area contributed by atoms with Crippen LogP contribution in [0.5, 0.6) is 0 Å². The van der Waals surface area contributed by atoms with Crippen LogP contribution in [0.15, 0.2) is 78.9 Å². The summed E-state index contributed by atoms with van der Waals surface area (Å²) in [5.41, 5.74) is 2.11. The third-order valence-electron chi connectivity index (χ3n) is 4.59. The summed E-state index contributed by atoms with van der Waals surface area (Å²) in [4.78, 5) is 25.5. The second-order valence-electron chi connectivity index (χ2n) is 6.92. The van der Waals surface area contributed by atoms with Crippen LogP contribution in [-0.2, 0) is 17.9 Å². The number of halogens is 1. The number of rotatable bonds is 7. The maximum Gasteiger partial charge on any atom is 0.258 e. The molecule has 0 atom stereocenters. The number of carbonyl (C=O) groups is 2. The summed E-state index contributed by atoms with van der Waals surface area (Å²) in [5, 5.41) is 17.6. The first-order chi connectivity index (χ1) is 15.6. The number of tetrazole rings is 1. The Morgan fingerprint density at radius 1 is 0.906 bits per heavy atom. The molecule has 0 bridgehead atoms. The van der Waals surface area contributed by atoms with E-state index in [1.807, 2.05) is 30.3 Å². The fraction of sp³-hybridized carbons (Fsp3) is 0.0870. The van der Waals surface area contributed by atoms with Crippen molar-refractivity contribution in [2.75, 3.05) is 5.32 Å². The molecule has 0 aliphatic rings. The maximum absolute atomic E-state index is 13.7. The normalized spacial score (nSPS) is 10.5. The highest BCUT2D eigenvalue weighted by Crippen LogP contribution is 2.18. The molecule has 0 aliphatic heterocycles. The number of benzene rings is 3. The Bertz CT molecular complexity index is 1220. The van der Waals surface area contributed by atoms with E-state index in [1.165, 1.54) is 23.0 Å². The number of nitrogens with one attached hydrogen (secondary N) is 2. The van der Waals surface area contributed by atoms with Crippen LogP contribution in [0.2, 0.25) is 0 Å². The lowest BCUT2D eigenvalue weighted by molar-refractivity contribution is -0.122. The Balaban J connectivity index is 1.34. The van der Waals surface area contributed by atoms with Crippen molar-refractivity contribution in [3.63, 3.8) is 0 Å². The van der Waals surface area contributed by atoms with E-state index in [2.05, 4.69) is 26.0 Å². The fourth-order valence-corrected chi connectivity index (χ4v) is 2.95. The number of nitrogens with zero attached hydrogens (tertiary/aromatic N) is 4. The highest BCUT2D eigenvalue weighted by Gasteiger charge is 2.12. The Morgan fingerprint density at radius 2 is 1.62 bits per heavy atom. The zero-order valence-corrected chi connectivity index (χ0v) is 16.9. The number of anilines is 1.